The van der Waals surface area contributed by atoms with Crippen LogP contribution in [0.4, 0.5) is 0 Å². The van der Waals surface area contributed by atoms with Crippen molar-refractivity contribution in [2.45, 2.75) is 46.1 Å². The van der Waals surface area contributed by atoms with E-state index in [4.69, 9.17) is 0 Å². The van der Waals surface area contributed by atoms with Gasteiger partial charge in [0.25, 0.3) is 0 Å². The quantitative estimate of drug-likeness (QED) is 0.693. The molecular formula is C11H19NO. The maximum absolute atomic E-state index is 11.6. The van der Waals surface area contributed by atoms with Crippen molar-refractivity contribution in [3.05, 3.63) is 0 Å². The molecule has 74 valence electrons. The van der Waals surface area contributed by atoms with E-state index in [0.717, 1.165) is 12.3 Å². The lowest BCUT2D eigenvalue weighted by Crippen LogP contribution is -2.37. The molecule has 0 aromatic carbocycles. The van der Waals surface area contributed by atoms with Crippen LogP contribution in [0.15, 0.2) is 0 Å². The molecule has 0 aromatic heterocycles. The zero-order valence-corrected chi connectivity index (χ0v) is 8.76. The summed E-state index contributed by atoms with van der Waals surface area (Å²) < 4.78 is 0. The van der Waals surface area contributed by atoms with Gasteiger partial charge in [-0.2, -0.15) is 0 Å². The average Bonchev–Trinajstić information content (AvgIpc) is 2.91. The summed E-state index contributed by atoms with van der Waals surface area (Å²) in [6.07, 6.45) is 3.72. The fourth-order valence-corrected chi connectivity index (χ4v) is 2.92. The molecule has 1 aliphatic heterocycles. The van der Waals surface area contributed by atoms with Gasteiger partial charge in [-0.15, -0.1) is 0 Å². The van der Waals surface area contributed by atoms with E-state index in [1.54, 1.807) is 0 Å². The SMILES string of the molecule is CCC1NC(=O)C(C)C1(C)C1CC1. The molecule has 1 aliphatic carbocycles. The van der Waals surface area contributed by atoms with Gasteiger partial charge in [0.15, 0.2) is 0 Å². The number of nitrogens with one attached hydrogen (secondary N) is 1. The second-order valence-corrected chi connectivity index (χ2v) is 4.83. The molecule has 1 amide bonds. The largest absolute Gasteiger partial charge is 0.353 e. The van der Waals surface area contributed by atoms with Gasteiger partial charge in [-0.25, -0.2) is 0 Å². The first kappa shape index (κ1) is 9.04. The molecule has 2 aliphatic rings. The molecule has 1 saturated heterocycles. The van der Waals surface area contributed by atoms with Gasteiger partial charge in [0.1, 0.15) is 0 Å². The summed E-state index contributed by atoms with van der Waals surface area (Å²) in [5, 5.41) is 3.13. The number of carbonyl (C=O) groups is 1. The van der Waals surface area contributed by atoms with Crippen LogP contribution in [-0.2, 0) is 4.79 Å². The first-order chi connectivity index (χ1) is 6.10. The van der Waals surface area contributed by atoms with Crippen LogP contribution in [0, 0.1) is 17.3 Å². The van der Waals surface area contributed by atoms with Crippen LogP contribution in [0.2, 0.25) is 0 Å². The number of carbonyl (C=O) groups excluding carboxylic acids is 1. The summed E-state index contributed by atoms with van der Waals surface area (Å²) in [7, 11) is 0. The Hall–Kier alpha value is -0.530. The number of rotatable bonds is 2. The second kappa shape index (κ2) is 2.73. The van der Waals surface area contributed by atoms with Gasteiger partial charge in [0.05, 0.1) is 0 Å². The minimum Gasteiger partial charge on any atom is -0.353 e. The lowest BCUT2D eigenvalue weighted by Gasteiger charge is -2.33. The Labute approximate surface area is 80.1 Å². The highest BCUT2D eigenvalue weighted by atomic mass is 16.2. The molecule has 0 aromatic rings. The Kier molecular flexibility index (Phi) is 1.90. The molecule has 2 nitrogen and oxygen atoms in total. The van der Waals surface area contributed by atoms with Gasteiger partial charge in [0.2, 0.25) is 5.91 Å². The minimum atomic E-state index is 0.213. The number of amides is 1. The van der Waals surface area contributed by atoms with Crippen molar-refractivity contribution in [3.8, 4) is 0 Å². The summed E-state index contributed by atoms with van der Waals surface area (Å²) >= 11 is 0. The van der Waals surface area contributed by atoms with Crippen molar-refractivity contribution in [3.63, 3.8) is 0 Å². The van der Waals surface area contributed by atoms with Crippen molar-refractivity contribution in [2.75, 3.05) is 0 Å². The standard InChI is InChI=1S/C11H19NO/c1-4-9-11(3,8-5-6-8)7(2)10(13)12-9/h7-9H,4-6H2,1-3H3,(H,12,13). The third-order valence-corrected chi connectivity index (χ3v) is 4.26. The molecule has 1 saturated carbocycles. The molecular weight excluding hydrogens is 162 g/mol. The highest BCUT2D eigenvalue weighted by Crippen LogP contribution is 2.54. The van der Waals surface area contributed by atoms with Crippen molar-refractivity contribution in [2.24, 2.45) is 17.3 Å². The van der Waals surface area contributed by atoms with Crippen LogP contribution < -0.4 is 5.32 Å². The maximum atomic E-state index is 11.6. The molecule has 0 bridgehead atoms. The smallest absolute Gasteiger partial charge is 0.223 e. The van der Waals surface area contributed by atoms with Gasteiger partial charge < -0.3 is 5.32 Å². The van der Waals surface area contributed by atoms with Crippen LogP contribution in [0.3, 0.4) is 0 Å². The fourth-order valence-electron chi connectivity index (χ4n) is 2.92. The van der Waals surface area contributed by atoms with Crippen LogP contribution in [-0.4, -0.2) is 11.9 Å². The normalized spacial score (nSPS) is 45.0. The van der Waals surface area contributed by atoms with Crippen molar-refractivity contribution in [1.82, 2.24) is 5.32 Å². The Morgan fingerprint density at radius 2 is 2.15 bits per heavy atom. The summed E-state index contributed by atoms with van der Waals surface area (Å²) in [4.78, 5) is 11.6. The summed E-state index contributed by atoms with van der Waals surface area (Å²) in [6.45, 7) is 6.55. The molecule has 3 atom stereocenters. The maximum Gasteiger partial charge on any atom is 0.223 e. The molecule has 1 N–H and O–H groups in total. The van der Waals surface area contributed by atoms with Gasteiger partial charge >= 0.3 is 0 Å². The lowest BCUT2D eigenvalue weighted by molar-refractivity contribution is -0.123. The monoisotopic (exact) mass is 181 g/mol. The topological polar surface area (TPSA) is 29.1 Å². The highest BCUT2D eigenvalue weighted by molar-refractivity contribution is 5.82. The lowest BCUT2D eigenvalue weighted by atomic mass is 9.71. The third-order valence-electron chi connectivity index (χ3n) is 4.26. The molecule has 1 heterocycles. The Morgan fingerprint density at radius 1 is 1.54 bits per heavy atom. The highest BCUT2D eigenvalue weighted by Gasteiger charge is 2.56. The number of hydrogen-bond acceptors (Lipinski definition) is 1. The molecule has 2 rings (SSSR count). The third kappa shape index (κ3) is 1.11. The fraction of sp³-hybridized carbons (Fsp3) is 0.909. The van der Waals surface area contributed by atoms with Gasteiger partial charge in [-0.1, -0.05) is 20.8 Å². The summed E-state index contributed by atoms with van der Waals surface area (Å²) in [6, 6.07) is 0.419. The van der Waals surface area contributed by atoms with E-state index >= 15 is 0 Å². The van der Waals surface area contributed by atoms with Gasteiger partial charge in [0, 0.05) is 17.4 Å². The molecule has 2 heteroatoms. The Bertz CT molecular complexity index is 234. The zero-order chi connectivity index (χ0) is 9.64. The molecule has 3 unspecified atom stereocenters. The van der Waals surface area contributed by atoms with Crippen LogP contribution >= 0.6 is 0 Å². The molecule has 2 fully saturated rings. The van der Waals surface area contributed by atoms with Crippen molar-refractivity contribution in [1.29, 1.82) is 0 Å². The Balaban J connectivity index is 2.25. The first-order valence-corrected chi connectivity index (χ1v) is 5.41. The van der Waals surface area contributed by atoms with Crippen LogP contribution in [0.5, 0.6) is 0 Å². The molecule has 0 spiro atoms. The minimum absolute atomic E-state index is 0.213. The average molecular weight is 181 g/mol. The van der Waals surface area contributed by atoms with Gasteiger partial charge in [-0.05, 0) is 25.2 Å². The number of hydrogen-bond donors (Lipinski definition) is 1. The second-order valence-electron chi connectivity index (χ2n) is 4.83. The van der Waals surface area contributed by atoms with E-state index in [0.29, 0.717) is 6.04 Å². The van der Waals surface area contributed by atoms with Crippen molar-refractivity contribution < 1.29 is 4.79 Å². The summed E-state index contributed by atoms with van der Waals surface area (Å²) in [5.41, 5.74) is 0.242. The zero-order valence-electron chi connectivity index (χ0n) is 8.76. The predicted octanol–water partition coefficient (Wildman–Crippen LogP) is 1.95. The van der Waals surface area contributed by atoms with E-state index in [1.807, 2.05) is 0 Å². The van der Waals surface area contributed by atoms with E-state index in [9.17, 15) is 4.79 Å². The van der Waals surface area contributed by atoms with Crippen LogP contribution in [0.25, 0.3) is 0 Å². The van der Waals surface area contributed by atoms with E-state index in [-0.39, 0.29) is 17.2 Å². The predicted molar refractivity (Wildman–Crippen MR) is 52.2 cm³/mol. The molecule has 13 heavy (non-hydrogen) atoms. The van der Waals surface area contributed by atoms with E-state index in [2.05, 4.69) is 26.1 Å². The summed E-state index contributed by atoms with van der Waals surface area (Å²) in [5.74, 6) is 1.28. The first-order valence-electron chi connectivity index (χ1n) is 5.41. The van der Waals surface area contributed by atoms with E-state index < -0.39 is 0 Å². The van der Waals surface area contributed by atoms with Crippen molar-refractivity contribution >= 4 is 5.91 Å². The Morgan fingerprint density at radius 3 is 2.62 bits per heavy atom. The van der Waals surface area contributed by atoms with E-state index in [1.165, 1.54) is 12.8 Å². The van der Waals surface area contributed by atoms with Gasteiger partial charge in [-0.3, -0.25) is 4.79 Å². The molecule has 0 radical (unpaired) electrons. The van der Waals surface area contributed by atoms with Crippen LogP contribution in [0.1, 0.15) is 40.0 Å².